The van der Waals surface area contributed by atoms with E-state index in [9.17, 15) is 4.39 Å². The Bertz CT molecular complexity index is 481. The highest BCUT2D eigenvalue weighted by molar-refractivity contribution is 5.58. The summed E-state index contributed by atoms with van der Waals surface area (Å²) in [6.45, 7) is 3.56. The van der Waals surface area contributed by atoms with Crippen molar-refractivity contribution in [1.29, 1.82) is 0 Å². The van der Waals surface area contributed by atoms with Gasteiger partial charge >= 0.3 is 0 Å². The van der Waals surface area contributed by atoms with Crippen LogP contribution in [0.5, 0.6) is 0 Å². The Kier molecular flexibility index (Phi) is 2.37. The molecule has 0 bridgehead atoms. The summed E-state index contributed by atoms with van der Waals surface area (Å²) < 4.78 is 13.0. The smallest absolute Gasteiger partial charge is 0.203 e. The van der Waals surface area contributed by atoms with Crippen molar-refractivity contribution in [2.45, 2.75) is 13.8 Å². The quantitative estimate of drug-likeness (QED) is 0.709. The Balaban J connectivity index is 2.53. The number of nitrogens with zero attached hydrogens (tertiary/aromatic N) is 4. The predicted octanol–water partition coefficient (Wildman–Crippen LogP) is 1.69. The van der Waals surface area contributed by atoms with Gasteiger partial charge in [-0.2, -0.15) is 0 Å². The summed E-state index contributed by atoms with van der Waals surface area (Å²) in [5, 5.41) is 15.3. The van der Waals surface area contributed by atoms with Crippen molar-refractivity contribution in [1.82, 2.24) is 20.4 Å². The lowest BCUT2D eigenvalue weighted by Crippen LogP contribution is -2.00. The molecule has 0 saturated heterocycles. The van der Waals surface area contributed by atoms with E-state index >= 15 is 0 Å². The minimum atomic E-state index is -0.320. The van der Waals surface area contributed by atoms with Crippen LogP contribution in [-0.2, 0) is 0 Å². The molecule has 1 aromatic heterocycles. The Morgan fingerprint density at radius 1 is 1.00 bits per heavy atom. The van der Waals surface area contributed by atoms with Gasteiger partial charge in [-0.25, -0.2) is 4.39 Å². The van der Waals surface area contributed by atoms with Crippen LogP contribution in [0.4, 0.5) is 4.39 Å². The molecule has 5 heteroatoms. The van der Waals surface area contributed by atoms with Gasteiger partial charge < -0.3 is 0 Å². The molecule has 0 radical (unpaired) electrons. The fraction of sp³-hybridized carbons (Fsp3) is 0.200. The third-order valence-corrected chi connectivity index (χ3v) is 2.02. The first-order chi connectivity index (χ1) is 7.16. The first-order valence-electron chi connectivity index (χ1n) is 4.47. The lowest BCUT2D eigenvalue weighted by atomic mass is 10.1. The zero-order chi connectivity index (χ0) is 10.8. The second-order valence-corrected chi connectivity index (χ2v) is 3.23. The van der Waals surface area contributed by atoms with Gasteiger partial charge in [-0.05, 0) is 31.5 Å². The third-order valence-electron chi connectivity index (χ3n) is 2.02. The van der Waals surface area contributed by atoms with E-state index in [1.54, 1.807) is 13.0 Å². The van der Waals surface area contributed by atoms with Gasteiger partial charge in [0.1, 0.15) is 5.82 Å². The Morgan fingerprint density at radius 3 is 2.33 bits per heavy atom. The van der Waals surface area contributed by atoms with E-state index in [-0.39, 0.29) is 5.82 Å². The van der Waals surface area contributed by atoms with Crippen molar-refractivity contribution in [3.05, 3.63) is 35.4 Å². The number of hydrogen-bond donors (Lipinski definition) is 0. The number of benzene rings is 1. The van der Waals surface area contributed by atoms with Gasteiger partial charge in [-0.15, -0.1) is 20.4 Å². The summed E-state index contributed by atoms with van der Waals surface area (Å²) in [5.41, 5.74) is 1.51. The maximum atomic E-state index is 13.0. The number of halogens is 1. The van der Waals surface area contributed by atoms with Gasteiger partial charge in [-0.1, -0.05) is 6.07 Å². The van der Waals surface area contributed by atoms with Crippen molar-refractivity contribution in [3.8, 4) is 11.4 Å². The van der Waals surface area contributed by atoms with Crippen LogP contribution < -0.4 is 0 Å². The van der Waals surface area contributed by atoms with Gasteiger partial charge in [0.15, 0.2) is 5.82 Å². The monoisotopic (exact) mass is 204 g/mol. The van der Waals surface area contributed by atoms with Gasteiger partial charge in [0.2, 0.25) is 5.82 Å². The second kappa shape index (κ2) is 3.68. The van der Waals surface area contributed by atoms with Crippen molar-refractivity contribution in [2.24, 2.45) is 0 Å². The van der Waals surface area contributed by atoms with Crippen LogP contribution in [0.3, 0.4) is 0 Å². The molecule has 0 saturated carbocycles. The summed E-state index contributed by atoms with van der Waals surface area (Å²) in [4.78, 5) is 0. The van der Waals surface area contributed by atoms with Gasteiger partial charge in [0.25, 0.3) is 0 Å². The standard InChI is InChI=1S/C10H9FN4/c1-6-3-4-8(11)5-9(6)10-14-12-7(2)13-15-10/h3-5H,1-2H3. The molecule has 0 amide bonds. The number of aryl methyl sites for hydroxylation is 2. The van der Waals surface area contributed by atoms with E-state index in [1.807, 2.05) is 6.92 Å². The fourth-order valence-corrected chi connectivity index (χ4v) is 1.22. The Hall–Kier alpha value is -1.91. The first-order valence-corrected chi connectivity index (χ1v) is 4.47. The topological polar surface area (TPSA) is 51.6 Å². The molecule has 0 fully saturated rings. The molecule has 0 atom stereocenters. The number of rotatable bonds is 1. The molecule has 4 nitrogen and oxygen atoms in total. The molecule has 0 spiro atoms. The van der Waals surface area contributed by atoms with Crippen molar-refractivity contribution in [3.63, 3.8) is 0 Å². The molecule has 2 rings (SSSR count). The molecular weight excluding hydrogens is 195 g/mol. The molecule has 1 aromatic carbocycles. The van der Waals surface area contributed by atoms with Crippen LogP contribution in [0, 0.1) is 19.7 Å². The van der Waals surface area contributed by atoms with Crippen molar-refractivity contribution in [2.75, 3.05) is 0 Å². The highest BCUT2D eigenvalue weighted by Gasteiger charge is 2.07. The number of hydrogen-bond acceptors (Lipinski definition) is 4. The van der Waals surface area contributed by atoms with Crippen LogP contribution in [0.1, 0.15) is 11.4 Å². The first kappa shape index (κ1) is 9.64. The highest BCUT2D eigenvalue weighted by atomic mass is 19.1. The Labute approximate surface area is 86.2 Å². The highest BCUT2D eigenvalue weighted by Crippen LogP contribution is 2.19. The maximum Gasteiger partial charge on any atom is 0.203 e. The van der Waals surface area contributed by atoms with Crippen LogP contribution >= 0.6 is 0 Å². The minimum absolute atomic E-state index is 0.320. The molecule has 0 unspecified atom stereocenters. The SMILES string of the molecule is Cc1nnc(-c2cc(F)ccc2C)nn1. The molecule has 1 heterocycles. The van der Waals surface area contributed by atoms with Gasteiger partial charge in [0.05, 0.1) is 0 Å². The van der Waals surface area contributed by atoms with Gasteiger partial charge in [-0.3, -0.25) is 0 Å². The zero-order valence-electron chi connectivity index (χ0n) is 8.40. The lowest BCUT2D eigenvalue weighted by Gasteiger charge is -2.02. The lowest BCUT2D eigenvalue weighted by molar-refractivity contribution is 0.627. The number of aromatic nitrogens is 4. The Morgan fingerprint density at radius 2 is 1.67 bits per heavy atom. The average Bonchev–Trinajstić information content (AvgIpc) is 2.23. The van der Waals surface area contributed by atoms with E-state index in [0.717, 1.165) is 5.56 Å². The fourth-order valence-electron chi connectivity index (χ4n) is 1.22. The predicted molar refractivity (Wildman–Crippen MR) is 52.5 cm³/mol. The molecule has 0 aliphatic rings. The van der Waals surface area contributed by atoms with E-state index < -0.39 is 0 Å². The summed E-state index contributed by atoms with van der Waals surface area (Å²) in [6.07, 6.45) is 0. The average molecular weight is 204 g/mol. The third kappa shape index (κ3) is 1.96. The molecule has 76 valence electrons. The van der Waals surface area contributed by atoms with Gasteiger partial charge in [0, 0.05) is 5.56 Å². The zero-order valence-corrected chi connectivity index (χ0v) is 8.40. The second-order valence-electron chi connectivity index (χ2n) is 3.23. The molecular formula is C10H9FN4. The van der Waals surface area contributed by atoms with Crippen LogP contribution in [-0.4, -0.2) is 20.4 Å². The van der Waals surface area contributed by atoms with Crippen molar-refractivity contribution >= 4 is 0 Å². The van der Waals surface area contributed by atoms with E-state index in [2.05, 4.69) is 20.4 Å². The van der Waals surface area contributed by atoms with E-state index in [4.69, 9.17) is 0 Å². The normalized spacial score (nSPS) is 10.3. The summed E-state index contributed by atoms with van der Waals surface area (Å²) >= 11 is 0. The summed E-state index contributed by atoms with van der Waals surface area (Å²) in [5.74, 6) is 0.519. The largest absolute Gasteiger partial charge is 0.207 e. The molecule has 0 aliphatic carbocycles. The van der Waals surface area contributed by atoms with Crippen LogP contribution in [0.25, 0.3) is 11.4 Å². The molecule has 0 N–H and O–H groups in total. The van der Waals surface area contributed by atoms with E-state index in [0.29, 0.717) is 17.2 Å². The summed E-state index contributed by atoms with van der Waals surface area (Å²) in [6, 6.07) is 4.45. The molecule has 2 aromatic rings. The van der Waals surface area contributed by atoms with Crippen molar-refractivity contribution < 1.29 is 4.39 Å². The molecule has 15 heavy (non-hydrogen) atoms. The molecule has 0 aliphatic heterocycles. The maximum absolute atomic E-state index is 13.0. The van der Waals surface area contributed by atoms with Crippen LogP contribution in [0.2, 0.25) is 0 Å². The summed E-state index contributed by atoms with van der Waals surface area (Å²) in [7, 11) is 0. The van der Waals surface area contributed by atoms with Crippen LogP contribution in [0.15, 0.2) is 18.2 Å². The van der Waals surface area contributed by atoms with E-state index in [1.165, 1.54) is 12.1 Å². The minimum Gasteiger partial charge on any atom is -0.207 e.